The van der Waals surface area contributed by atoms with Crippen LogP contribution >= 0.6 is 27.5 Å². The molecule has 0 N–H and O–H groups in total. The van der Waals surface area contributed by atoms with Crippen molar-refractivity contribution in [2.24, 2.45) is 0 Å². The summed E-state index contributed by atoms with van der Waals surface area (Å²) in [4.78, 5) is 14.6. The third kappa shape index (κ3) is 3.87. The minimum absolute atomic E-state index is 0.701. The van der Waals surface area contributed by atoms with E-state index in [0.717, 1.165) is 58.8 Å². The lowest BCUT2D eigenvalue weighted by atomic mass is 10.1. The van der Waals surface area contributed by atoms with Gasteiger partial charge in [-0.3, -0.25) is 0 Å². The molecule has 5 rings (SSSR count). The molecule has 0 aliphatic carbocycles. The van der Waals surface area contributed by atoms with Gasteiger partial charge >= 0.3 is 0 Å². The Balaban J connectivity index is 1.51. The highest BCUT2D eigenvalue weighted by Crippen LogP contribution is 2.31. The molecule has 6 heteroatoms. The summed E-state index contributed by atoms with van der Waals surface area (Å²) in [5.41, 5.74) is 3.18. The SMILES string of the molecule is Clc1ccc2nc(-c3ccc(Br)cc3)nc(N3CCN(c4ccccc4)CC3)c2c1. The molecule has 0 saturated carbocycles. The highest BCUT2D eigenvalue weighted by Gasteiger charge is 2.21. The van der Waals surface area contributed by atoms with Crippen molar-refractivity contribution in [1.82, 2.24) is 9.97 Å². The molecule has 0 radical (unpaired) electrons. The molecule has 150 valence electrons. The lowest BCUT2D eigenvalue weighted by molar-refractivity contribution is 0.649. The summed E-state index contributed by atoms with van der Waals surface area (Å²) in [5, 5.41) is 1.70. The molecular weight excluding hydrogens is 460 g/mol. The molecule has 0 amide bonds. The van der Waals surface area contributed by atoms with E-state index in [1.807, 2.05) is 42.5 Å². The first-order chi connectivity index (χ1) is 14.7. The Kier molecular flexibility index (Phi) is 5.32. The van der Waals surface area contributed by atoms with Gasteiger partial charge in [0.1, 0.15) is 5.82 Å². The maximum Gasteiger partial charge on any atom is 0.162 e. The Morgan fingerprint density at radius 3 is 2.20 bits per heavy atom. The number of hydrogen-bond donors (Lipinski definition) is 0. The lowest BCUT2D eigenvalue weighted by Gasteiger charge is -2.37. The molecule has 30 heavy (non-hydrogen) atoms. The number of aromatic nitrogens is 2. The summed E-state index contributed by atoms with van der Waals surface area (Å²) in [6.07, 6.45) is 0. The monoisotopic (exact) mass is 478 g/mol. The summed E-state index contributed by atoms with van der Waals surface area (Å²) in [6, 6.07) is 24.5. The van der Waals surface area contributed by atoms with Crippen LogP contribution in [0.15, 0.2) is 77.3 Å². The predicted octanol–water partition coefficient (Wildman–Crippen LogP) is 6.04. The van der Waals surface area contributed by atoms with Crippen LogP contribution < -0.4 is 9.80 Å². The summed E-state index contributed by atoms with van der Waals surface area (Å²) in [6.45, 7) is 3.69. The Hall–Kier alpha value is -2.63. The van der Waals surface area contributed by atoms with Crippen molar-refractivity contribution in [2.75, 3.05) is 36.0 Å². The van der Waals surface area contributed by atoms with Gasteiger partial charge in [-0.05, 0) is 42.5 Å². The molecule has 4 nitrogen and oxygen atoms in total. The summed E-state index contributed by atoms with van der Waals surface area (Å²) in [7, 11) is 0. The molecule has 3 aromatic carbocycles. The van der Waals surface area contributed by atoms with E-state index in [-0.39, 0.29) is 0 Å². The van der Waals surface area contributed by atoms with Crippen molar-refractivity contribution in [3.05, 3.63) is 82.3 Å². The van der Waals surface area contributed by atoms with E-state index in [9.17, 15) is 0 Å². The zero-order valence-electron chi connectivity index (χ0n) is 16.3. The summed E-state index contributed by atoms with van der Waals surface area (Å²) >= 11 is 9.82. The highest BCUT2D eigenvalue weighted by atomic mass is 79.9. The third-order valence-electron chi connectivity index (χ3n) is 5.44. The van der Waals surface area contributed by atoms with Crippen LogP contribution in [0.5, 0.6) is 0 Å². The molecule has 1 aliphatic rings. The van der Waals surface area contributed by atoms with E-state index in [2.05, 4.69) is 56.1 Å². The quantitative estimate of drug-likeness (QED) is 0.359. The number of nitrogens with zero attached hydrogens (tertiary/aromatic N) is 4. The van der Waals surface area contributed by atoms with Gasteiger partial charge in [0.2, 0.25) is 0 Å². The van der Waals surface area contributed by atoms with Crippen LogP contribution in [0.3, 0.4) is 0 Å². The van der Waals surface area contributed by atoms with Gasteiger partial charge in [-0.25, -0.2) is 9.97 Å². The van der Waals surface area contributed by atoms with Crippen LogP contribution in [0, 0.1) is 0 Å². The van der Waals surface area contributed by atoms with Gasteiger partial charge in [-0.1, -0.05) is 57.9 Å². The first-order valence-electron chi connectivity index (χ1n) is 9.95. The molecule has 0 unspecified atom stereocenters. The molecule has 2 heterocycles. The van der Waals surface area contributed by atoms with Crippen LogP contribution in [-0.4, -0.2) is 36.1 Å². The highest BCUT2D eigenvalue weighted by molar-refractivity contribution is 9.10. The van der Waals surface area contributed by atoms with Crippen LogP contribution in [0.2, 0.25) is 5.02 Å². The number of piperazine rings is 1. The van der Waals surface area contributed by atoms with Crippen molar-refractivity contribution in [2.45, 2.75) is 0 Å². The minimum atomic E-state index is 0.701. The average molecular weight is 480 g/mol. The number of fused-ring (bicyclic) bond motifs is 1. The van der Waals surface area contributed by atoms with Gasteiger partial charge in [-0.2, -0.15) is 0 Å². The largest absolute Gasteiger partial charge is 0.368 e. The summed E-state index contributed by atoms with van der Waals surface area (Å²) in [5.74, 6) is 1.69. The Morgan fingerprint density at radius 1 is 0.767 bits per heavy atom. The summed E-state index contributed by atoms with van der Waals surface area (Å²) < 4.78 is 1.04. The number of halogens is 2. The van der Waals surface area contributed by atoms with Crippen molar-refractivity contribution >= 4 is 49.9 Å². The maximum absolute atomic E-state index is 6.32. The van der Waals surface area contributed by atoms with Gasteiger partial charge in [0, 0.05) is 52.3 Å². The normalized spacial score (nSPS) is 14.3. The Morgan fingerprint density at radius 2 is 1.47 bits per heavy atom. The molecule has 0 spiro atoms. The van der Waals surface area contributed by atoms with Crippen LogP contribution in [-0.2, 0) is 0 Å². The molecule has 1 fully saturated rings. The second-order valence-electron chi connectivity index (χ2n) is 7.35. The Bertz CT molecular complexity index is 1170. The van der Waals surface area contributed by atoms with E-state index < -0.39 is 0 Å². The van der Waals surface area contributed by atoms with Crippen molar-refractivity contribution in [1.29, 1.82) is 0 Å². The Labute approximate surface area is 189 Å². The number of rotatable bonds is 3. The molecule has 1 aromatic heterocycles. The van der Waals surface area contributed by atoms with Crippen LogP contribution in [0.25, 0.3) is 22.3 Å². The third-order valence-corrected chi connectivity index (χ3v) is 6.20. The van der Waals surface area contributed by atoms with E-state index in [0.29, 0.717) is 5.02 Å². The van der Waals surface area contributed by atoms with Crippen LogP contribution in [0.4, 0.5) is 11.5 Å². The van der Waals surface area contributed by atoms with Crippen molar-refractivity contribution < 1.29 is 0 Å². The standard InChI is InChI=1S/C24H20BrClN4/c25-18-8-6-17(7-9-18)23-27-22-11-10-19(26)16-21(22)24(28-23)30-14-12-29(13-15-30)20-4-2-1-3-5-20/h1-11,16H,12-15H2. The number of para-hydroxylation sites is 1. The first kappa shape index (κ1) is 19.3. The van der Waals surface area contributed by atoms with Gasteiger partial charge in [-0.15, -0.1) is 0 Å². The maximum atomic E-state index is 6.32. The molecule has 0 atom stereocenters. The van der Waals surface area contributed by atoms with Gasteiger partial charge in [0.05, 0.1) is 5.52 Å². The topological polar surface area (TPSA) is 32.3 Å². The molecule has 1 aliphatic heterocycles. The zero-order chi connectivity index (χ0) is 20.5. The smallest absolute Gasteiger partial charge is 0.162 e. The average Bonchev–Trinajstić information content (AvgIpc) is 2.80. The van der Waals surface area contributed by atoms with Gasteiger partial charge < -0.3 is 9.80 Å². The zero-order valence-corrected chi connectivity index (χ0v) is 18.6. The molecule has 1 saturated heterocycles. The fourth-order valence-electron chi connectivity index (χ4n) is 3.87. The van der Waals surface area contributed by atoms with Gasteiger partial charge in [0.15, 0.2) is 5.82 Å². The van der Waals surface area contributed by atoms with E-state index >= 15 is 0 Å². The predicted molar refractivity (Wildman–Crippen MR) is 129 cm³/mol. The number of hydrogen-bond acceptors (Lipinski definition) is 4. The molecule has 4 aromatic rings. The van der Waals surface area contributed by atoms with E-state index in [4.69, 9.17) is 21.6 Å². The molecular formula is C24H20BrClN4. The van der Waals surface area contributed by atoms with E-state index in [1.165, 1.54) is 5.69 Å². The van der Waals surface area contributed by atoms with Gasteiger partial charge in [0.25, 0.3) is 0 Å². The lowest BCUT2D eigenvalue weighted by Crippen LogP contribution is -2.47. The first-order valence-corrected chi connectivity index (χ1v) is 11.1. The number of anilines is 2. The number of benzene rings is 3. The van der Waals surface area contributed by atoms with Crippen LogP contribution in [0.1, 0.15) is 0 Å². The van der Waals surface area contributed by atoms with Crippen molar-refractivity contribution in [3.63, 3.8) is 0 Å². The van der Waals surface area contributed by atoms with E-state index in [1.54, 1.807) is 0 Å². The second-order valence-corrected chi connectivity index (χ2v) is 8.70. The fourth-order valence-corrected chi connectivity index (χ4v) is 4.31. The minimum Gasteiger partial charge on any atom is -0.368 e. The van der Waals surface area contributed by atoms with Crippen molar-refractivity contribution in [3.8, 4) is 11.4 Å². The molecule has 0 bridgehead atoms. The second kappa shape index (κ2) is 8.25. The fraction of sp³-hybridized carbons (Fsp3) is 0.167.